The van der Waals surface area contributed by atoms with Crippen LogP contribution in [-0.2, 0) is 9.53 Å². The van der Waals surface area contributed by atoms with Gasteiger partial charge in [-0.2, -0.15) is 0 Å². The van der Waals surface area contributed by atoms with Crippen molar-refractivity contribution in [3.8, 4) is 0 Å². The molecule has 2 heterocycles. The van der Waals surface area contributed by atoms with Crippen molar-refractivity contribution >= 4 is 11.6 Å². The number of carbonyl (C=O) groups excluding carboxylic acids is 1. The first-order chi connectivity index (χ1) is 10.7. The summed E-state index contributed by atoms with van der Waals surface area (Å²) in [6.07, 6.45) is 0.546. The minimum Gasteiger partial charge on any atom is -0.378 e. The molecule has 2 saturated heterocycles. The Morgan fingerprint density at radius 2 is 2.14 bits per heavy atom. The van der Waals surface area contributed by atoms with E-state index in [0.717, 1.165) is 39.3 Å². The van der Waals surface area contributed by atoms with Gasteiger partial charge in [0.1, 0.15) is 0 Å². The molecular weight excluding hydrogens is 278 g/mol. The molecule has 5 nitrogen and oxygen atoms in total. The highest BCUT2D eigenvalue weighted by molar-refractivity contribution is 5.77. The number of ether oxygens (including phenoxy) is 1. The van der Waals surface area contributed by atoms with Gasteiger partial charge in [-0.25, -0.2) is 0 Å². The minimum atomic E-state index is 0.177. The summed E-state index contributed by atoms with van der Waals surface area (Å²) in [6.45, 7) is 7.78. The summed E-state index contributed by atoms with van der Waals surface area (Å²) in [5.41, 5.74) is 2.54. The predicted molar refractivity (Wildman–Crippen MR) is 87.2 cm³/mol. The first-order valence-electron chi connectivity index (χ1n) is 8.13. The Labute approximate surface area is 132 Å². The van der Waals surface area contributed by atoms with Crippen LogP contribution in [0.5, 0.6) is 0 Å². The van der Waals surface area contributed by atoms with Crippen molar-refractivity contribution in [3.63, 3.8) is 0 Å². The number of aryl methyl sites for hydroxylation is 1. The van der Waals surface area contributed by atoms with Crippen molar-refractivity contribution in [1.82, 2.24) is 10.2 Å². The number of benzene rings is 1. The monoisotopic (exact) mass is 303 g/mol. The normalized spacial score (nSPS) is 22.7. The molecule has 1 aromatic rings. The zero-order valence-electron chi connectivity index (χ0n) is 13.3. The number of nitrogens with zero attached hydrogens (tertiary/aromatic N) is 2. The van der Waals surface area contributed by atoms with Crippen LogP contribution in [0.4, 0.5) is 5.69 Å². The topological polar surface area (TPSA) is 44.8 Å². The van der Waals surface area contributed by atoms with Crippen molar-refractivity contribution in [2.75, 3.05) is 50.8 Å². The molecule has 1 unspecified atom stereocenters. The lowest BCUT2D eigenvalue weighted by Gasteiger charge is -2.37. The number of anilines is 1. The predicted octanol–water partition coefficient (Wildman–Crippen LogP) is 1.02. The zero-order chi connectivity index (χ0) is 15.4. The Kier molecular flexibility index (Phi) is 4.95. The van der Waals surface area contributed by atoms with E-state index in [1.807, 2.05) is 4.90 Å². The van der Waals surface area contributed by atoms with E-state index in [0.29, 0.717) is 13.0 Å². The third kappa shape index (κ3) is 3.78. The molecule has 0 bridgehead atoms. The van der Waals surface area contributed by atoms with E-state index in [9.17, 15) is 4.79 Å². The van der Waals surface area contributed by atoms with Gasteiger partial charge in [0.2, 0.25) is 5.91 Å². The summed E-state index contributed by atoms with van der Waals surface area (Å²) in [5.74, 6) is 0.242. The van der Waals surface area contributed by atoms with Gasteiger partial charge in [0.25, 0.3) is 0 Å². The lowest BCUT2D eigenvalue weighted by molar-refractivity contribution is -0.132. The Morgan fingerprint density at radius 3 is 2.82 bits per heavy atom. The fourth-order valence-corrected chi connectivity index (χ4v) is 3.13. The van der Waals surface area contributed by atoms with Gasteiger partial charge >= 0.3 is 0 Å². The van der Waals surface area contributed by atoms with Crippen LogP contribution < -0.4 is 10.2 Å². The van der Waals surface area contributed by atoms with Crippen LogP contribution in [0.3, 0.4) is 0 Å². The largest absolute Gasteiger partial charge is 0.378 e. The molecule has 22 heavy (non-hydrogen) atoms. The fourth-order valence-electron chi connectivity index (χ4n) is 3.13. The van der Waals surface area contributed by atoms with Gasteiger partial charge in [0.15, 0.2) is 0 Å². The molecule has 2 aliphatic rings. The van der Waals surface area contributed by atoms with Gasteiger partial charge in [-0.3, -0.25) is 4.79 Å². The Hall–Kier alpha value is -1.59. The maximum Gasteiger partial charge on any atom is 0.224 e. The van der Waals surface area contributed by atoms with Crippen LogP contribution >= 0.6 is 0 Å². The summed E-state index contributed by atoms with van der Waals surface area (Å²) >= 11 is 0. The van der Waals surface area contributed by atoms with E-state index in [2.05, 4.69) is 41.4 Å². The Balaban J connectivity index is 1.49. The molecule has 1 amide bonds. The van der Waals surface area contributed by atoms with Crippen molar-refractivity contribution in [3.05, 3.63) is 29.8 Å². The molecule has 1 atom stereocenters. The quantitative estimate of drug-likeness (QED) is 0.906. The van der Waals surface area contributed by atoms with E-state index >= 15 is 0 Å². The van der Waals surface area contributed by atoms with Gasteiger partial charge in [0.05, 0.1) is 13.2 Å². The Morgan fingerprint density at radius 1 is 1.32 bits per heavy atom. The Bertz CT molecular complexity index is 506. The molecule has 2 aliphatic heterocycles. The maximum atomic E-state index is 12.4. The van der Waals surface area contributed by atoms with Gasteiger partial charge in [-0.05, 0) is 24.6 Å². The number of carbonyl (C=O) groups is 1. The number of piperazine rings is 1. The van der Waals surface area contributed by atoms with Crippen molar-refractivity contribution in [2.45, 2.75) is 19.4 Å². The average Bonchev–Trinajstić information content (AvgIpc) is 2.56. The van der Waals surface area contributed by atoms with Crippen LogP contribution in [0, 0.1) is 6.92 Å². The number of hydrogen-bond acceptors (Lipinski definition) is 4. The third-order valence-electron chi connectivity index (χ3n) is 4.42. The second-order valence-corrected chi connectivity index (χ2v) is 6.14. The third-order valence-corrected chi connectivity index (χ3v) is 4.42. The number of rotatable bonds is 3. The summed E-state index contributed by atoms with van der Waals surface area (Å²) in [7, 11) is 0. The highest BCUT2D eigenvalue weighted by Crippen LogP contribution is 2.18. The molecule has 1 aromatic carbocycles. The molecule has 0 spiro atoms. The maximum absolute atomic E-state index is 12.4. The lowest BCUT2D eigenvalue weighted by atomic mass is 10.1. The van der Waals surface area contributed by atoms with Gasteiger partial charge in [0, 0.05) is 50.9 Å². The molecule has 0 saturated carbocycles. The van der Waals surface area contributed by atoms with Crippen LogP contribution in [0.25, 0.3) is 0 Å². The lowest BCUT2D eigenvalue weighted by Crippen LogP contribution is -2.51. The molecule has 0 aromatic heterocycles. The first kappa shape index (κ1) is 15.3. The standard InChI is InChI=1S/C17H25N3O2/c1-14-3-2-4-16(11-14)19-6-8-20(9-7-19)17(21)12-15-13-22-10-5-18-15/h2-4,11,15,18H,5-10,12-13H2,1H3. The molecular formula is C17H25N3O2. The van der Waals surface area contributed by atoms with E-state index in [1.54, 1.807) is 0 Å². The van der Waals surface area contributed by atoms with E-state index < -0.39 is 0 Å². The van der Waals surface area contributed by atoms with Crippen LogP contribution in [0.2, 0.25) is 0 Å². The van der Waals surface area contributed by atoms with E-state index in [-0.39, 0.29) is 11.9 Å². The molecule has 0 aliphatic carbocycles. The zero-order valence-corrected chi connectivity index (χ0v) is 13.3. The molecule has 2 fully saturated rings. The van der Waals surface area contributed by atoms with Crippen LogP contribution in [0.15, 0.2) is 24.3 Å². The van der Waals surface area contributed by atoms with Gasteiger partial charge in [-0.1, -0.05) is 12.1 Å². The van der Waals surface area contributed by atoms with Crippen molar-refractivity contribution in [1.29, 1.82) is 0 Å². The van der Waals surface area contributed by atoms with Crippen LogP contribution in [0.1, 0.15) is 12.0 Å². The second kappa shape index (κ2) is 7.11. The minimum absolute atomic E-state index is 0.177. The number of nitrogens with one attached hydrogen (secondary N) is 1. The summed E-state index contributed by atoms with van der Waals surface area (Å²) in [5, 5.41) is 3.35. The second-order valence-electron chi connectivity index (χ2n) is 6.14. The fraction of sp³-hybridized carbons (Fsp3) is 0.588. The highest BCUT2D eigenvalue weighted by atomic mass is 16.5. The molecule has 3 rings (SSSR count). The number of amides is 1. The SMILES string of the molecule is Cc1cccc(N2CCN(C(=O)CC3COCCN3)CC2)c1. The van der Waals surface area contributed by atoms with E-state index in [1.165, 1.54) is 11.3 Å². The summed E-state index contributed by atoms with van der Waals surface area (Å²) < 4.78 is 5.41. The molecule has 1 N–H and O–H groups in total. The molecule has 120 valence electrons. The highest BCUT2D eigenvalue weighted by Gasteiger charge is 2.24. The molecule has 5 heteroatoms. The summed E-state index contributed by atoms with van der Waals surface area (Å²) in [6, 6.07) is 8.74. The van der Waals surface area contributed by atoms with Crippen molar-refractivity contribution < 1.29 is 9.53 Å². The van der Waals surface area contributed by atoms with Crippen molar-refractivity contribution in [2.24, 2.45) is 0 Å². The van der Waals surface area contributed by atoms with Gasteiger partial charge < -0.3 is 19.9 Å². The first-order valence-corrected chi connectivity index (χ1v) is 8.13. The smallest absolute Gasteiger partial charge is 0.224 e. The number of morpholine rings is 1. The van der Waals surface area contributed by atoms with E-state index in [4.69, 9.17) is 4.74 Å². The van der Waals surface area contributed by atoms with Crippen LogP contribution in [-0.4, -0.2) is 62.8 Å². The van der Waals surface area contributed by atoms with Gasteiger partial charge in [-0.15, -0.1) is 0 Å². The number of hydrogen-bond donors (Lipinski definition) is 1. The molecule has 0 radical (unpaired) electrons. The summed E-state index contributed by atoms with van der Waals surface area (Å²) in [4.78, 5) is 16.7. The average molecular weight is 303 g/mol.